The van der Waals surface area contributed by atoms with Gasteiger partial charge in [-0.15, -0.1) is 0 Å². The second kappa shape index (κ2) is 18.0. The molecular weight excluding hydrogens is 523 g/mol. The highest BCUT2D eigenvalue weighted by atomic mass is 19.1. The highest BCUT2D eigenvalue weighted by Gasteiger charge is 2.29. The van der Waals surface area contributed by atoms with E-state index in [1.54, 1.807) is 26.4 Å². The van der Waals surface area contributed by atoms with Crippen LogP contribution < -0.4 is 20.5 Å². The monoisotopic (exact) mass is 574 g/mol. The Kier molecular flexibility index (Phi) is 15.1. The molecule has 41 heavy (non-hydrogen) atoms. The van der Waals surface area contributed by atoms with Crippen molar-refractivity contribution < 1.29 is 28.5 Å². The molecule has 0 unspecified atom stereocenters. The number of halogens is 1. The van der Waals surface area contributed by atoms with Crippen molar-refractivity contribution in [1.29, 1.82) is 0 Å². The summed E-state index contributed by atoms with van der Waals surface area (Å²) in [5, 5.41) is 14.1. The number of hydrogen-bond acceptors (Lipinski definition) is 6. The maximum Gasteiger partial charge on any atom is 0.223 e. The van der Waals surface area contributed by atoms with Gasteiger partial charge in [-0.2, -0.15) is 0 Å². The predicted molar refractivity (Wildman–Crippen MR) is 162 cm³/mol. The number of aliphatic hydroxyl groups is 1. The maximum atomic E-state index is 13.1. The number of rotatable bonds is 19. The fourth-order valence-electron chi connectivity index (χ4n) is 4.98. The molecular formula is C33H51FN2O5. The van der Waals surface area contributed by atoms with Gasteiger partial charge in [-0.1, -0.05) is 45.9 Å². The number of ether oxygens (including phenoxy) is 3. The van der Waals surface area contributed by atoms with E-state index >= 15 is 0 Å². The van der Waals surface area contributed by atoms with Crippen molar-refractivity contribution in [1.82, 2.24) is 5.32 Å². The van der Waals surface area contributed by atoms with Gasteiger partial charge in [0.25, 0.3) is 0 Å². The van der Waals surface area contributed by atoms with Crippen molar-refractivity contribution in [3.05, 3.63) is 59.4 Å². The first kappa shape index (κ1) is 34.5. The summed E-state index contributed by atoms with van der Waals surface area (Å²) in [6.07, 6.45) is 2.31. The Labute approximate surface area is 246 Å². The lowest BCUT2D eigenvalue weighted by molar-refractivity contribution is -0.127. The van der Waals surface area contributed by atoms with Gasteiger partial charge in [-0.25, -0.2) is 4.39 Å². The third-order valence-electron chi connectivity index (χ3n) is 7.75. The molecule has 4 N–H and O–H groups in total. The molecule has 4 atom stereocenters. The Morgan fingerprint density at radius 1 is 0.951 bits per heavy atom. The second-order valence-corrected chi connectivity index (χ2v) is 11.6. The topological polar surface area (TPSA) is 103 Å². The van der Waals surface area contributed by atoms with Crippen LogP contribution in [0, 0.1) is 29.5 Å². The summed E-state index contributed by atoms with van der Waals surface area (Å²) in [5.41, 5.74) is 8.62. The molecule has 0 heterocycles. The van der Waals surface area contributed by atoms with Crippen molar-refractivity contribution in [3.63, 3.8) is 0 Å². The molecule has 0 aliphatic carbocycles. The van der Waals surface area contributed by atoms with Gasteiger partial charge in [0.15, 0.2) is 11.5 Å². The molecule has 230 valence electrons. The zero-order valence-electron chi connectivity index (χ0n) is 25.7. The molecule has 7 nitrogen and oxygen atoms in total. The van der Waals surface area contributed by atoms with E-state index in [1.807, 2.05) is 32.0 Å². The third-order valence-corrected chi connectivity index (χ3v) is 7.75. The van der Waals surface area contributed by atoms with E-state index in [-0.39, 0.29) is 29.5 Å². The van der Waals surface area contributed by atoms with Crippen LogP contribution in [0.25, 0.3) is 0 Å². The number of benzene rings is 2. The van der Waals surface area contributed by atoms with Crippen molar-refractivity contribution in [2.24, 2.45) is 29.4 Å². The maximum absolute atomic E-state index is 13.1. The number of carbonyl (C=O) groups is 1. The fourth-order valence-corrected chi connectivity index (χ4v) is 4.98. The van der Waals surface area contributed by atoms with Crippen LogP contribution in [0.2, 0.25) is 0 Å². The molecule has 0 aromatic heterocycles. The average Bonchev–Trinajstić information content (AvgIpc) is 2.94. The average molecular weight is 575 g/mol. The number of hydrogen-bond donors (Lipinski definition) is 3. The van der Waals surface area contributed by atoms with Gasteiger partial charge in [-0.3, -0.25) is 4.79 Å². The number of carbonyl (C=O) groups excluding carboxylic acids is 1. The Bertz CT molecular complexity index is 1030. The molecule has 2 aromatic carbocycles. The summed E-state index contributed by atoms with van der Waals surface area (Å²) >= 11 is 0. The van der Waals surface area contributed by atoms with E-state index in [4.69, 9.17) is 19.9 Å². The summed E-state index contributed by atoms with van der Waals surface area (Å²) < 4.78 is 29.7. The molecule has 8 heteroatoms. The first-order chi connectivity index (χ1) is 19.5. The Morgan fingerprint density at radius 2 is 1.63 bits per heavy atom. The minimum atomic E-state index is -0.804. The van der Waals surface area contributed by atoms with Crippen LogP contribution in [0.5, 0.6) is 11.5 Å². The van der Waals surface area contributed by atoms with E-state index in [0.717, 1.165) is 24.0 Å². The van der Waals surface area contributed by atoms with E-state index in [1.165, 1.54) is 12.1 Å². The Balaban J connectivity index is 1.97. The molecule has 0 aliphatic heterocycles. The highest BCUT2D eigenvalue weighted by molar-refractivity contribution is 5.78. The third kappa shape index (κ3) is 12.0. The summed E-state index contributed by atoms with van der Waals surface area (Å²) in [7, 11) is 3.30. The lowest BCUT2D eigenvalue weighted by Crippen LogP contribution is -2.43. The molecule has 2 rings (SSSR count). The molecule has 1 amide bonds. The van der Waals surface area contributed by atoms with Crippen molar-refractivity contribution in [3.8, 4) is 11.5 Å². The zero-order chi connectivity index (χ0) is 30.4. The lowest BCUT2D eigenvalue weighted by Gasteiger charge is -2.30. The quantitative estimate of drug-likeness (QED) is 0.200. The van der Waals surface area contributed by atoms with Crippen LogP contribution in [0.1, 0.15) is 58.1 Å². The lowest BCUT2D eigenvalue weighted by atomic mass is 9.81. The van der Waals surface area contributed by atoms with Gasteiger partial charge in [-0.05, 0) is 78.8 Å². The molecule has 0 aliphatic rings. The summed E-state index contributed by atoms with van der Waals surface area (Å²) in [4.78, 5) is 13.0. The largest absolute Gasteiger partial charge is 0.493 e. The number of nitrogens with one attached hydrogen (secondary N) is 1. The van der Waals surface area contributed by atoms with Crippen molar-refractivity contribution in [2.75, 3.05) is 34.0 Å². The smallest absolute Gasteiger partial charge is 0.223 e. The minimum absolute atomic E-state index is 0.0465. The SMILES string of the molecule is COCCCOc1cc(C[C@@H](C[C@H](N)[C@@H](O)C[C@H](C(=O)NCCc2ccc(F)cc2)C(C)C)C(C)C)ccc1OC. The fraction of sp³-hybridized carbons (Fsp3) is 0.606. The molecule has 0 spiro atoms. The van der Waals surface area contributed by atoms with Gasteiger partial charge in [0.2, 0.25) is 5.91 Å². The molecule has 0 radical (unpaired) electrons. The highest BCUT2D eigenvalue weighted by Crippen LogP contribution is 2.31. The first-order valence-electron chi connectivity index (χ1n) is 14.8. The van der Waals surface area contributed by atoms with Gasteiger partial charge in [0.05, 0.1) is 19.8 Å². The zero-order valence-corrected chi connectivity index (χ0v) is 25.7. The second-order valence-electron chi connectivity index (χ2n) is 11.6. The molecule has 0 fully saturated rings. The predicted octanol–water partition coefficient (Wildman–Crippen LogP) is 5.16. The van der Waals surface area contributed by atoms with E-state index in [2.05, 4.69) is 19.2 Å². The number of aliphatic hydroxyl groups excluding tert-OH is 1. The Morgan fingerprint density at radius 3 is 2.24 bits per heavy atom. The minimum Gasteiger partial charge on any atom is -0.493 e. The summed E-state index contributed by atoms with van der Waals surface area (Å²) in [6, 6.07) is 11.8. The standard InChI is InChI=1S/C33H51FN2O5/c1-22(2)26(18-25-10-13-31(40-6)32(19-25)41-17-7-16-39-5)20-29(35)30(37)21-28(23(3)4)33(38)36-15-14-24-8-11-27(34)12-9-24/h8-13,19,22-23,26,28-30,37H,7,14-18,20-21,35H2,1-6H3,(H,36,38)/t26-,28-,29-,30-/m0/s1. The van der Waals surface area contributed by atoms with Crippen LogP contribution in [0.3, 0.4) is 0 Å². The van der Waals surface area contributed by atoms with E-state index < -0.39 is 12.1 Å². The first-order valence-corrected chi connectivity index (χ1v) is 14.8. The van der Waals surface area contributed by atoms with Crippen LogP contribution in [0.4, 0.5) is 4.39 Å². The van der Waals surface area contributed by atoms with Crippen LogP contribution in [-0.2, 0) is 22.4 Å². The number of nitrogens with two attached hydrogens (primary N) is 1. The van der Waals surface area contributed by atoms with Crippen molar-refractivity contribution >= 4 is 5.91 Å². The molecule has 0 saturated heterocycles. The molecule has 0 saturated carbocycles. The normalized spacial score (nSPS) is 14.5. The summed E-state index contributed by atoms with van der Waals surface area (Å²) in [5.74, 6) is 1.29. The molecule has 0 bridgehead atoms. The van der Waals surface area contributed by atoms with Gasteiger partial charge in [0, 0.05) is 38.6 Å². The Hall–Kier alpha value is -2.68. The summed E-state index contributed by atoms with van der Waals surface area (Å²) in [6.45, 7) is 9.92. The van der Waals surface area contributed by atoms with Gasteiger partial charge < -0.3 is 30.4 Å². The van der Waals surface area contributed by atoms with Crippen LogP contribution in [-0.4, -0.2) is 57.1 Å². The van der Waals surface area contributed by atoms with Crippen LogP contribution >= 0.6 is 0 Å². The van der Waals surface area contributed by atoms with Gasteiger partial charge >= 0.3 is 0 Å². The van der Waals surface area contributed by atoms with Crippen molar-refractivity contribution in [2.45, 2.75) is 71.9 Å². The number of methoxy groups -OCH3 is 2. The van der Waals surface area contributed by atoms with E-state index in [9.17, 15) is 14.3 Å². The van der Waals surface area contributed by atoms with E-state index in [0.29, 0.717) is 56.4 Å². The molecule has 2 aromatic rings. The number of amides is 1. The van der Waals surface area contributed by atoms with Crippen LogP contribution in [0.15, 0.2) is 42.5 Å². The van der Waals surface area contributed by atoms with Gasteiger partial charge in [0.1, 0.15) is 5.82 Å².